The lowest BCUT2D eigenvalue weighted by molar-refractivity contribution is 0.101. The van der Waals surface area contributed by atoms with Crippen LogP contribution in [-0.4, -0.2) is 34.1 Å². The number of benzene rings is 2. The molecule has 2 aromatic carbocycles. The summed E-state index contributed by atoms with van der Waals surface area (Å²) in [5.41, 5.74) is 3.48. The second-order valence-corrected chi connectivity index (χ2v) is 5.23. The Bertz CT molecular complexity index is 693. The van der Waals surface area contributed by atoms with Gasteiger partial charge in [-0.15, -0.1) is 0 Å². The molecule has 0 saturated carbocycles. The SMILES string of the molecule is COc1cc(C(C)=O)cc(-c2ccccc2N(C)C)c1OC. The van der Waals surface area contributed by atoms with Gasteiger partial charge in [-0.3, -0.25) is 4.79 Å². The van der Waals surface area contributed by atoms with E-state index in [4.69, 9.17) is 9.47 Å². The van der Waals surface area contributed by atoms with Crippen molar-refractivity contribution in [3.63, 3.8) is 0 Å². The molecule has 4 heteroatoms. The fourth-order valence-corrected chi connectivity index (χ4v) is 2.46. The zero-order valence-corrected chi connectivity index (χ0v) is 13.6. The smallest absolute Gasteiger partial charge is 0.168 e. The second kappa shape index (κ2) is 6.52. The fraction of sp³-hybridized carbons (Fsp3) is 0.278. The number of carbonyl (C=O) groups excluding carboxylic acids is 1. The van der Waals surface area contributed by atoms with E-state index in [0.717, 1.165) is 16.8 Å². The fourth-order valence-electron chi connectivity index (χ4n) is 2.46. The number of rotatable bonds is 5. The van der Waals surface area contributed by atoms with Crippen molar-refractivity contribution in [3.8, 4) is 22.6 Å². The van der Waals surface area contributed by atoms with Crippen LogP contribution in [-0.2, 0) is 0 Å². The Morgan fingerprint density at radius 3 is 2.23 bits per heavy atom. The van der Waals surface area contributed by atoms with Gasteiger partial charge in [0.05, 0.1) is 14.2 Å². The van der Waals surface area contributed by atoms with E-state index in [2.05, 4.69) is 0 Å². The number of Topliss-reactive ketones (excluding diaryl/α,β-unsaturated/α-hetero) is 1. The Kier molecular flexibility index (Phi) is 4.71. The predicted octanol–water partition coefficient (Wildman–Crippen LogP) is 3.64. The highest BCUT2D eigenvalue weighted by molar-refractivity contribution is 5.98. The molecule has 0 heterocycles. The minimum absolute atomic E-state index is 0.00969. The number of hydrogen-bond donors (Lipinski definition) is 0. The lowest BCUT2D eigenvalue weighted by atomic mass is 9.98. The lowest BCUT2D eigenvalue weighted by Gasteiger charge is -2.20. The maximum absolute atomic E-state index is 11.8. The molecule has 0 fully saturated rings. The third-order valence-corrected chi connectivity index (χ3v) is 3.56. The molecule has 0 radical (unpaired) electrons. The summed E-state index contributed by atoms with van der Waals surface area (Å²) >= 11 is 0. The standard InChI is InChI=1S/C18H21NO3/c1-12(20)13-10-15(18(22-5)17(11-13)21-4)14-8-6-7-9-16(14)19(2)3/h6-11H,1-5H3. The summed E-state index contributed by atoms with van der Waals surface area (Å²) in [7, 11) is 7.14. The van der Waals surface area contributed by atoms with Crippen LogP contribution < -0.4 is 14.4 Å². The molecule has 0 aliphatic carbocycles. The molecule has 116 valence electrons. The second-order valence-electron chi connectivity index (χ2n) is 5.23. The summed E-state index contributed by atoms with van der Waals surface area (Å²) < 4.78 is 10.9. The molecule has 0 unspecified atom stereocenters. The molecular formula is C18H21NO3. The Labute approximate surface area is 131 Å². The first-order valence-corrected chi connectivity index (χ1v) is 7.03. The van der Waals surface area contributed by atoms with Gasteiger partial charge in [-0.2, -0.15) is 0 Å². The van der Waals surface area contributed by atoms with Crippen molar-refractivity contribution >= 4 is 11.5 Å². The van der Waals surface area contributed by atoms with Crippen LogP contribution in [0.4, 0.5) is 5.69 Å². The number of ketones is 1. The van der Waals surface area contributed by atoms with Crippen molar-refractivity contribution in [2.75, 3.05) is 33.2 Å². The van der Waals surface area contributed by atoms with Crippen molar-refractivity contribution in [1.29, 1.82) is 0 Å². The molecule has 2 rings (SSSR count). The number of ether oxygens (including phenoxy) is 2. The normalized spacial score (nSPS) is 10.2. The van der Waals surface area contributed by atoms with Gasteiger partial charge in [-0.05, 0) is 25.1 Å². The Morgan fingerprint density at radius 1 is 1.00 bits per heavy atom. The van der Waals surface area contributed by atoms with E-state index >= 15 is 0 Å². The molecule has 0 aliphatic rings. The minimum atomic E-state index is -0.00969. The van der Waals surface area contributed by atoms with Gasteiger partial charge in [0, 0.05) is 36.5 Å². The minimum Gasteiger partial charge on any atom is -0.493 e. The van der Waals surface area contributed by atoms with Gasteiger partial charge in [-0.1, -0.05) is 18.2 Å². The van der Waals surface area contributed by atoms with Gasteiger partial charge >= 0.3 is 0 Å². The number of methoxy groups -OCH3 is 2. The van der Waals surface area contributed by atoms with Gasteiger partial charge < -0.3 is 14.4 Å². The third-order valence-electron chi connectivity index (χ3n) is 3.56. The van der Waals surface area contributed by atoms with E-state index in [9.17, 15) is 4.79 Å². The monoisotopic (exact) mass is 299 g/mol. The van der Waals surface area contributed by atoms with E-state index in [1.165, 1.54) is 0 Å². The van der Waals surface area contributed by atoms with E-state index in [-0.39, 0.29) is 5.78 Å². The first-order chi connectivity index (χ1) is 10.5. The largest absolute Gasteiger partial charge is 0.493 e. The molecule has 0 N–H and O–H groups in total. The molecule has 0 aliphatic heterocycles. The molecular weight excluding hydrogens is 278 g/mol. The van der Waals surface area contributed by atoms with Crippen LogP contribution in [0.5, 0.6) is 11.5 Å². The predicted molar refractivity (Wildman–Crippen MR) is 89.3 cm³/mol. The average molecular weight is 299 g/mol. The summed E-state index contributed by atoms with van der Waals surface area (Å²) in [5.74, 6) is 1.17. The van der Waals surface area contributed by atoms with Crippen LogP contribution >= 0.6 is 0 Å². The highest BCUT2D eigenvalue weighted by atomic mass is 16.5. The number of para-hydroxylation sites is 1. The van der Waals surface area contributed by atoms with Gasteiger partial charge in [0.2, 0.25) is 0 Å². The Morgan fingerprint density at radius 2 is 1.68 bits per heavy atom. The highest BCUT2D eigenvalue weighted by Gasteiger charge is 2.18. The van der Waals surface area contributed by atoms with Crippen molar-refractivity contribution in [1.82, 2.24) is 0 Å². The average Bonchev–Trinajstić information content (AvgIpc) is 2.53. The molecule has 0 atom stereocenters. The van der Waals surface area contributed by atoms with Crippen molar-refractivity contribution < 1.29 is 14.3 Å². The van der Waals surface area contributed by atoms with Crippen LogP contribution in [0.2, 0.25) is 0 Å². The van der Waals surface area contributed by atoms with Crippen molar-refractivity contribution in [2.24, 2.45) is 0 Å². The molecule has 22 heavy (non-hydrogen) atoms. The zero-order valence-electron chi connectivity index (χ0n) is 13.6. The van der Waals surface area contributed by atoms with E-state index in [1.807, 2.05) is 49.3 Å². The Hall–Kier alpha value is -2.49. The van der Waals surface area contributed by atoms with Crippen LogP contribution in [0, 0.1) is 0 Å². The summed E-state index contributed by atoms with van der Waals surface area (Å²) in [6.07, 6.45) is 0. The maximum atomic E-state index is 11.8. The molecule has 0 saturated heterocycles. The molecule has 0 aromatic heterocycles. The Balaban J connectivity index is 2.78. The molecule has 4 nitrogen and oxygen atoms in total. The van der Waals surface area contributed by atoms with Crippen LogP contribution in [0.25, 0.3) is 11.1 Å². The van der Waals surface area contributed by atoms with Crippen LogP contribution in [0.3, 0.4) is 0 Å². The van der Waals surface area contributed by atoms with Gasteiger partial charge in [0.1, 0.15) is 0 Å². The molecule has 0 amide bonds. The number of anilines is 1. The maximum Gasteiger partial charge on any atom is 0.168 e. The van der Waals surface area contributed by atoms with Gasteiger partial charge in [0.25, 0.3) is 0 Å². The summed E-state index contributed by atoms with van der Waals surface area (Å²) in [5, 5.41) is 0. The van der Waals surface area contributed by atoms with Crippen LogP contribution in [0.15, 0.2) is 36.4 Å². The number of nitrogens with zero attached hydrogens (tertiary/aromatic N) is 1. The van der Waals surface area contributed by atoms with E-state index in [0.29, 0.717) is 17.1 Å². The van der Waals surface area contributed by atoms with Crippen molar-refractivity contribution in [3.05, 3.63) is 42.0 Å². The van der Waals surface area contributed by atoms with Gasteiger partial charge in [0.15, 0.2) is 17.3 Å². The third kappa shape index (κ3) is 2.91. The van der Waals surface area contributed by atoms with Crippen molar-refractivity contribution in [2.45, 2.75) is 6.92 Å². The summed E-state index contributed by atoms with van der Waals surface area (Å²) in [6.45, 7) is 1.54. The summed E-state index contributed by atoms with van der Waals surface area (Å²) in [4.78, 5) is 13.8. The van der Waals surface area contributed by atoms with E-state index in [1.54, 1.807) is 27.2 Å². The first kappa shape index (κ1) is 15.9. The molecule has 0 spiro atoms. The lowest BCUT2D eigenvalue weighted by Crippen LogP contribution is -2.10. The first-order valence-electron chi connectivity index (χ1n) is 7.03. The number of carbonyl (C=O) groups is 1. The topological polar surface area (TPSA) is 38.8 Å². The van der Waals surface area contributed by atoms with Crippen LogP contribution in [0.1, 0.15) is 17.3 Å². The van der Waals surface area contributed by atoms with Gasteiger partial charge in [-0.25, -0.2) is 0 Å². The zero-order chi connectivity index (χ0) is 16.3. The highest BCUT2D eigenvalue weighted by Crippen LogP contribution is 2.42. The molecule has 2 aromatic rings. The van der Waals surface area contributed by atoms with E-state index < -0.39 is 0 Å². The summed E-state index contributed by atoms with van der Waals surface area (Å²) in [6, 6.07) is 11.6. The quantitative estimate of drug-likeness (QED) is 0.790. The molecule has 0 bridgehead atoms. The number of hydrogen-bond acceptors (Lipinski definition) is 4.